The first-order valence-electron chi connectivity index (χ1n) is 7.59. The molecule has 0 saturated carbocycles. The molecule has 1 amide bonds. The van der Waals surface area contributed by atoms with Gasteiger partial charge in [0.05, 0.1) is 10.5 Å². The summed E-state index contributed by atoms with van der Waals surface area (Å²) in [6.07, 6.45) is 1.69. The molecule has 1 N–H and O–H groups in total. The molecule has 0 atom stereocenters. The standard InChI is InChI=1S/C19H12N2O4/c22-19-16(15-3-1-2-4-17(15)20-19)11-14-9-10-18(25-14)12-5-7-13(8-6-12)21(23)24/h1-11H,(H,20,22)/b16-11+. The number of anilines is 1. The van der Waals surface area contributed by atoms with Crippen molar-refractivity contribution in [3.63, 3.8) is 0 Å². The second kappa shape index (κ2) is 5.76. The van der Waals surface area contributed by atoms with E-state index in [1.807, 2.05) is 24.3 Å². The largest absolute Gasteiger partial charge is 0.457 e. The topological polar surface area (TPSA) is 85.4 Å². The Balaban J connectivity index is 1.66. The Kier molecular flexibility index (Phi) is 3.43. The van der Waals surface area contributed by atoms with E-state index < -0.39 is 4.92 Å². The molecule has 6 heteroatoms. The lowest BCUT2D eigenvalue weighted by Gasteiger charge is -1.97. The lowest BCUT2D eigenvalue weighted by atomic mass is 10.1. The molecule has 0 aliphatic carbocycles. The number of amides is 1. The lowest BCUT2D eigenvalue weighted by molar-refractivity contribution is -0.384. The molecule has 2 heterocycles. The van der Waals surface area contributed by atoms with Gasteiger partial charge in [0.2, 0.25) is 0 Å². The molecule has 122 valence electrons. The van der Waals surface area contributed by atoms with Gasteiger partial charge in [0.15, 0.2) is 0 Å². The Labute approximate surface area is 142 Å². The van der Waals surface area contributed by atoms with Gasteiger partial charge in [0.1, 0.15) is 11.5 Å². The quantitative estimate of drug-likeness (QED) is 0.439. The average molecular weight is 332 g/mol. The summed E-state index contributed by atoms with van der Waals surface area (Å²) in [5.74, 6) is 0.943. The van der Waals surface area contributed by atoms with E-state index in [4.69, 9.17) is 4.42 Å². The maximum absolute atomic E-state index is 12.1. The van der Waals surface area contributed by atoms with Crippen LogP contribution in [0, 0.1) is 10.1 Å². The van der Waals surface area contributed by atoms with Crippen LogP contribution in [0.5, 0.6) is 0 Å². The minimum Gasteiger partial charge on any atom is -0.457 e. The SMILES string of the molecule is O=C1Nc2ccccc2/C1=C\c1ccc(-c2ccc([N+](=O)[O-])cc2)o1. The third-order valence-corrected chi connectivity index (χ3v) is 3.99. The molecule has 1 aromatic heterocycles. The van der Waals surface area contributed by atoms with Gasteiger partial charge in [-0.25, -0.2) is 0 Å². The predicted octanol–water partition coefficient (Wildman–Crippen LogP) is 4.35. The van der Waals surface area contributed by atoms with E-state index in [0.29, 0.717) is 17.1 Å². The highest BCUT2D eigenvalue weighted by Crippen LogP contribution is 2.33. The molecule has 1 aliphatic rings. The summed E-state index contributed by atoms with van der Waals surface area (Å²) >= 11 is 0. The van der Waals surface area contributed by atoms with Gasteiger partial charge in [-0.1, -0.05) is 18.2 Å². The number of nitro groups is 1. The molecule has 6 nitrogen and oxygen atoms in total. The Bertz CT molecular complexity index is 1020. The second-order valence-corrected chi connectivity index (χ2v) is 5.56. The molecule has 0 spiro atoms. The number of nitrogens with one attached hydrogen (secondary N) is 1. The number of nitro benzene ring substituents is 1. The van der Waals surface area contributed by atoms with E-state index in [0.717, 1.165) is 16.8 Å². The minimum atomic E-state index is -0.447. The highest BCUT2D eigenvalue weighted by molar-refractivity contribution is 6.34. The Morgan fingerprint density at radius 2 is 1.76 bits per heavy atom. The molecule has 3 aromatic rings. The third-order valence-electron chi connectivity index (χ3n) is 3.99. The second-order valence-electron chi connectivity index (χ2n) is 5.56. The number of carbonyl (C=O) groups is 1. The molecule has 1 aliphatic heterocycles. The van der Waals surface area contributed by atoms with Crippen molar-refractivity contribution in [2.24, 2.45) is 0 Å². The van der Waals surface area contributed by atoms with Crippen molar-refractivity contribution < 1.29 is 14.1 Å². The zero-order valence-electron chi connectivity index (χ0n) is 12.9. The van der Waals surface area contributed by atoms with E-state index in [1.54, 1.807) is 30.3 Å². The van der Waals surface area contributed by atoms with Crippen LogP contribution >= 0.6 is 0 Å². The van der Waals surface area contributed by atoms with Crippen LogP contribution in [-0.2, 0) is 4.79 Å². The number of hydrogen-bond acceptors (Lipinski definition) is 4. The summed E-state index contributed by atoms with van der Waals surface area (Å²) in [5, 5.41) is 13.5. The van der Waals surface area contributed by atoms with Crippen LogP contribution in [0.3, 0.4) is 0 Å². The first-order valence-corrected chi connectivity index (χ1v) is 7.59. The minimum absolute atomic E-state index is 0.0249. The number of furan rings is 1. The van der Waals surface area contributed by atoms with Gasteiger partial charge in [-0.3, -0.25) is 14.9 Å². The molecule has 0 bridgehead atoms. The fourth-order valence-electron chi connectivity index (χ4n) is 2.76. The number of fused-ring (bicyclic) bond motifs is 1. The predicted molar refractivity (Wildman–Crippen MR) is 93.7 cm³/mol. The van der Waals surface area contributed by atoms with E-state index in [2.05, 4.69) is 5.32 Å². The van der Waals surface area contributed by atoms with E-state index >= 15 is 0 Å². The fourth-order valence-corrected chi connectivity index (χ4v) is 2.76. The summed E-state index contributed by atoms with van der Waals surface area (Å²) in [5.41, 5.74) is 2.91. The average Bonchev–Trinajstić information content (AvgIpc) is 3.20. The van der Waals surface area contributed by atoms with Crippen molar-refractivity contribution in [3.8, 4) is 11.3 Å². The van der Waals surface area contributed by atoms with Crippen molar-refractivity contribution in [1.29, 1.82) is 0 Å². The van der Waals surface area contributed by atoms with Crippen LogP contribution in [0.2, 0.25) is 0 Å². The van der Waals surface area contributed by atoms with Crippen molar-refractivity contribution in [2.45, 2.75) is 0 Å². The van der Waals surface area contributed by atoms with Gasteiger partial charge in [0.25, 0.3) is 11.6 Å². The van der Waals surface area contributed by atoms with Crippen LogP contribution in [0.15, 0.2) is 65.1 Å². The maximum Gasteiger partial charge on any atom is 0.269 e. The number of benzene rings is 2. The van der Waals surface area contributed by atoms with Gasteiger partial charge in [0, 0.05) is 28.9 Å². The lowest BCUT2D eigenvalue weighted by Crippen LogP contribution is -2.03. The van der Waals surface area contributed by atoms with Crippen LogP contribution in [-0.4, -0.2) is 10.8 Å². The molecule has 0 unspecified atom stereocenters. The highest BCUT2D eigenvalue weighted by atomic mass is 16.6. The molecule has 0 radical (unpaired) electrons. The van der Waals surface area contributed by atoms with Gasteiger partial charge in [-0.15, -0.1) is 0 Å². The number of hydrogen-bond donors (Lipinski definition) is 1. The molecular weight excluding hydrogens is 320 g/mol. The molecule has 2 aromatic carbocycles. The number of para-hydroxylation sites is 1. The van der Waals surface area contributed by atoms with Crippen molar-refractivity contribution in [2.75, 3.05) is 5.32 Å². The number of rotatable bonds is 3. The van der Waals surface area contributed by atoms with Crippen LogP contribution < -0.4 is 5.32 Å². The van der Waals surface area contributed by atoms with Crippen LogP contribution in [0.4, 0.5) is 11.4 Å². The molecule has 4 rings (SSSR count). The number of carbonyl (C=O) groups excluding carboxylic acids is 1. The first-order chi connectivity index (χ1) is 12.1. The zero-order chi connectivity index (χ0) is 17.4. The summed E-state index contributed by atoms with van der Waals surface area (Å²) in [7, 11) is 0. The normalized spacial score (nSPS) is 14.4. The summed E-state index contributed by atoms with van der Waals surface area (Å²) < 4.78 is 5.77. The van der Waals surface area contributed by atoms with Crippen molar-refractivity contribution in [1.82, 2.24) is 0 Å². The van der Waals surface area contributed by atoms with Crippen molar-refractivity contribution in [3.05, 3.63) is 82.1 Å². The smallest absolute Gasteiger partial charge is 0.269 e. The van der Waals surface area contributed by atoms with Gasteiger partial charge in [-0.05, 0) is 36.4 Å². The Morgan fingerprint density at radius 3 is 2.52 bits per heavy atom. The van der Waals surface area contributed by atoms with E-state index in [9.17, 15) is 14.9 Å². The number of non-ortho nitro benzene ring substituents is 1. The molecule has 0 saturated heterocycles. The maximum atomic E-state index is 12.1. The third kappa shape index (κ3) is 2.70. The highest BCUT2D eigenvalue weighted by Gasteiger charge is 2.23. The number of nitrogens with zero attached hydrogens (tertiary/aromatic N) is 1. The Morgan fingerprint density at radius 1 is 1.00 bits per heavy atom. The van der Waals surface area contributed by atoms with Gasteiger partial charge >= 0.3 is 0 Å². The Hall–Kier alpha value is -3.67. The summed E-state index contributed by atoms with van der Waals surface area (Å²) in [6.45, 7) is 0. The molecule has 25 heavy (non-hydrogen) atoms. The molecular formula is C19H12N2O4. The van der Waals surface area contributed by atoms with E-state index in [-0.39, 0.29) is 11.6 Å². The molecule has 0 fully saturated rings. The summed E-state index contributed by atoms with van der Waals surface area (Å²) in [4.78, 5) is 22.4. The van der Waals surface area contributed by atoms with Gasteiger partial charge in [-0.2, -0.15) is 0 Å². The van der Waals surface area contributed by atoms with Crippen LogP contribution in [0.25, 0.3) is 23.0 Å². The van der Waals surface area contributed by atoms with Gasteiger partial charge < -0.3 is 9.73 Å². The van der Waals surface area contributed by atoms with Crippen LogP contribution in [0.1, 0.15) is 11.3 Å². The fraction of sp³-hybridized carbons (Fsp3) is 0. The van der Waals surface area contributed by atoms with Crippen molar-refractivity contribution >= 4 is 28.9 Å². The van der Waals surface area contributed by atoms with E-state index in [1.165, 1.54) is 12.1 Å². The summed E-state index contributed by atoms with van der Waals surface area (Å²) in [6, 6.07) is 17.1. The monoisotopic (exact) mass is 332 g/mol. The first kappa shape index (κ1) is 14.9. The zero-order valence-corrected chi connectivity index (χ0v) is 12.9.